The number of nitrogens with one attached hydrogen (secondary N) is 1. The molecule has 6 nitrogen and oxygen atoms in total. The van der Waals surface area contributed by atoms with Crippen molar-refractivity contribution in [3.05, 3.63) is 24.3 Å². The molecule has 1 aromatic rings. The Morgan fingerprint density at radius 2 is 2.06 bits per heavy atom. The topological polar surface area (TPSA) is 109 Å². The molecule has 0 heterocycles. The van der Waals surface area contributed by atoms with Gasteiger partial charge in [-0.3, -0.25) is 4.79 Å². The zero-order chi connectivity index (χ0) is 13.8. The van der Waals surface area contributed by atoms with Crippen molar-refractivity contribution in [3.63, 3.8) is 0 Å². The van der Waals surface area contributed by atoms with Crippen LogP contribution < -0.4 is 10.5 Å². The molecule has 1 aromatic carbocycles. The average molecular weight is 272 g/mol. The maximum atomic E-state index is 12.0. The Morgan fingerprint density at radius 1 is 1.44 bits per heavy atom. The molecule has 7 heteroatoms. The highest BCUT2D eigenvalue weighted by Gasteiger charge is 2.25. The number of hydrogen-bond donors (Lipinski definition) is 3. The van der Waals surface area contributed by atoms with E-state index in [9.17, 15) is 13.2 Å². The molecule has 0 spiro atoms. The summed E-state index contributed by atoms with van der Waals surface area (Å²) in [7, 11) is -3.91. The zero-order valence-electron chi connectivity index (χ0n) is 9.96. The minimum atomic E-state index is -3.91. The molecular formula is C11H16N2O4S. The van der Waals surface area contributed by atoms with E-state index in [1.807, 2.05) is 0 Å². The highest BCUT2D eigenvalue weighted by Crippen LogP contribution is 2.17. The molecule has 0 aromatic heterocycles. The molecule has 100 valence electrons. The predicted octanol–water partition coefficient (Wildman–Crippen LogP) is 0.800. The number of nitrogen functional groups attached to an aromatic ring is 1. The van der Waals surface area contributed by atoms with E-state index in [1.54, 1.807) is 13.0 Å². The Morgan fingerprint density at radius 3 is 2.56 bits per heavy atom. The first-order valence-corrected chi connectivity index (χ1v) is 6.96. The zero-order valence-corrected chi connectivity index (χ0v) is 10.8. The molecule has 18 heavy (non-hydrogen) atoms. The Bertz CT molecular complexity index is 528. The largest absolute Gasteiger partial charge is 0.480 e. The standard InChI is InChI=1S/C11H16N2O4S/c1-2-5-9(11(14)15)13-18(16,17)10-7-4-3-6-8(10)12/h3-4,6-7,9,13H,2,5,12H2,1H3,(H,14,15). The number of nitrogens with two attached hydrogens (primary N) is 1. The second-order valence-electron chi connectivity index (χ2n) is 3.84. The van der Waals surface area contributed by atoms with E-state index in [-0.39, 0.29) is 17.0 Å². The number of carboxylic acid groups (broad SMARTS) is 1. The van der Waals surface area contributed by atoms with Gasteiger partial charge >= 0.3 is 5.97 Å². The molecule has 0 amide bonds. The van der Waals surface area contributed by atoms with Gasteiger partial charge in [0.15, 0.2) is 0 Å². The third-order valence-corrected chi connectivity index (χ3v) is 3.93. The van der Waals surface area contributed by atoms with Gasteiger partial charge in [-0.25, -0.2) is 8.42 Å². The number of anilines is 1. The number of rotatable bonds is 6. The average Bonchev–Trinajstić information content (AvgIpc) is 2.28. The lowest BCUT2D eigenvalue weighted by molar-refractivity contribution is -0.139. The van der Waals surface area contributed by atoms with Crippen LogP contribution in [0.4, 0.5) is 5.69 Å². The number of aliphatic carboxylic acids is 1. The Labute approximate surface area is 106 Å². The van der Waals surface area contributed by atoms with Crippen molar-refractivity contribution in [2.75, 3.05) is 5.73 Å². The lowest BCUT2D eigenvalue weighted by Crippen LogP contribution is -2.40. The first-order valence-electron chi connectivity index (χ1n) is 5.48. The van der Waals surface area contributed by atoms with Gasteiger partial charge in [-0.15, -0.1) is 0 Å². The van der Waals surface area contributed by atoms with Gasteiger partial charge < -0.3 is 10.8 Å². The lowest BCUT2D eigenvalue weighted by Gasteiger charge is -2.14. The summed E-state index contributed by atoms with van der Waals surface area (Å²) in [4.78, 5) is 10.8. The first kappa shape index (κ1) is 14.5. The maximum absolute atomic E-state index is 12.0. The molecule has 0 bridgehead atoms. The van der Waals surface area contributed by atoms with Crippen LogP contribution in [0.15, 0.2) is 29.2 Å². The minimum Gasteiger partial charge on any atom is -0.480 e. The van der Waals surface area contributed by atoms with Gasteiger partial charge in [0.05, 0.1) is 5.69 Å². The smallest absolute Gasteiger partial charge is 0.321 e. The van der Waals surface area contributed by atoms with Gasteiger partial charge in [0.1, 0.15) is 10.9 Å². The first-order chi connectivity index (χ1) is 8.38. The van der Waals surface area contributed by atoms with Crippen LogP contribution in [0.3, 0.4) is 0 Å². The summed E-state index contributed by atoms with van der Waals surface area (Å²) >= 11 is 0. The fraction of sp³-hybridized carbons (Fsp3) is 0.364. The molecule has 1 unspecified atom stereocenters. The van der Waals surface area contributed by atoms with Gasteiger partial charge in [0, 0.05) is 0 Å². The van der Waals surface area contributed by atoms with Crippen molar-refractivity contribution < 1.29 is 18.3 Å². The number of para-hydroxylation sites is 1. The fourth-order valence-corrected chi connectivity index (χ4v) is 2.85. The number of benzene rings is 1. The van der Waals surface area contributed by atoms with Crippen LogP contribution in [0.2, 0.25) is 0 Å². The summed E-state index contributed by atoms with van der Waals surface area (Å²) in [5.74, 6) is -1.20. The van der Waals surface area contributed by atoms with Crippen LogP contribution in [0.25, 0.3) is 0 Å². The molecule has 0 saturated heterocycles. The van der Waals surface area contributed by atoms with Gasteiger partial charge in [0.25, 0.3) is 0 Å². The predicted molar refractivity (Wildman–Crippen MR) is 67.5 cm³/mol. The van der Waals surface area contributed by atoms with E-state index in [4.69, 9.17) is 10.8 Å². The van der Waals surface area contributed by atoms with Gasteiger partial charge in [-0.05, 0) is 18.6 Å². The van der Waals surface area contributed by atoms with Crippen molar-refractivity contribution in [2.45, 2.75) is 30.7 Å². The van der Waals surface area contributed by atoms with Crippen LogP contribution in [0, 0.1) is 0 Å². The van der Waals surface area contributed by atoms with Crippen LogP contribution in [0.5, 0.6) is 0 Å². The van der Waals surface area contributed by atoms with Crippen LogP contribution in [-0.4, -0.2) is 25.5 Å². The Kier molecular flexibility index (Phi) is 4.69. The second kappa shape index (κ2) is 5.83. The molecule has 4 N–H and O–H groups in total. The molecule has 0 radical (unpaired) electrons. The Balaban J connectivity index is 3.01. The van der Waals surface area contributed by atoms with Gasteiger partial charge in [-0.1, -0.05) is 25.5 Å². The van der Waals surface area contributed by atoms with E-state index in [0.717, 1.165) is 0 Å². The molecule has 0 aliphatic rings. The van der Waals surface area contributed by atoms with Crippen LogP contribution in [-0.2, 0) is 14.8 Å². The third-order valence-electron chi connectivity index (χ3n) is 2.38. The number of carboxylic acids is 1. The number of hydrogen-bond acceptors (Lipinski definition) is 4. The van der Waals surface area contributed by atoms with Crippen LogP contribution in [0.1, 0.15) is 19.8 Å². The summed E-state index contributed by atoms with van der Waals surface area (Å²) in [6.45, 7) is 1.78. The molecular weight excluding hydrogens is 256 g/mol. The molecule has 0 aliphatic carbocycles. The van der Waals surface area contributed by atoms with Crippen molar-refractivity contribution >= 4 is 21.7 Å². The number of sulfonamides is 1. The van der Waals surface area contributed by atoms with Gasteiger partial charge in [-0.2, -0.15) is 4.72 Å². The molecule has 1 atom stereocenters. The summed E-state index contributed by atoms with van der Waals surface area (Å²) in [5.41, 5.74) is 5.65. The summed E-state index contributed by atoms with van der Waals surface area (Å²) in [5, 5.41) is 8.93. The quantitative estimate of drug-likeness (QED) is 0.663. The second-order valence-corrected chi connectivity index (χ2v) is 5.52. The highest BCUT2D eigenvalue weighted by atomic mass is 32.2. The van der Waals surface area contributed by atoms with Crippen molar-refractivity contribution in [1.29, 1.82) is 0 Å². The molecule has 0 fully saturated rings. The molecule has 0 saturated carbocycles. The van der Waals surface area contributed by atoms with E-state index in [0.29, 0.717) is 6.42 Å². The Hall–Kier alpha value is -1.60. The number of carbonyl (C=O) groups is 1. The van der Waals surface area contributed by atoms with Crippen molar-refractivity contribution in [1.82, 2.24) is 4.72 Å². The maximum Gasteiger partial charge on any atom is 0.321 e. The molecule has 1 rings (SSSR count). The normalized spacial score (nSPS) is 13.2. The highest BCUT2D eigenvalue weighted by molar-refractivity contribution is 7.89. The fourth-order valence-electron chi connectivity index (χ4n) is 1.50. The van der Waals surface area contributed by atoms with E-state index < -0.39 is 22.0 Å². The van der Waals surface area contributed by atoms with E-state index >= 15 is 0 Å². The molecule has 0 aliphatic heterocycles. The lowest BCUT2D eigenvalue weighted by atomic mass is 10.2. The summed E-state index contributed by atoms with van der Waals surface area (Å²) < 4.78 is 26.1. The third kappa shape index (κ3) is 3.44. The minimum absolute atomic E-state index is 0.0886. The summed E-state index contributed by atoms with van der Waals surface area (Å²) in [6, 6.07) is 4.78. The van der Waals surface area contributed by atoms with E-state index in [2.05, 4.69) is 4.72 Å². The van der Waals surface area contributed by atoms with Crippen molar-refractivity contribution in [3.8, 4) is 0 Å². The summed E-state index contributed by atoms with van der Waals surface area (Å²) in [6.07, 6.45) is 0.783. The monoisotopic (exact) mass is 272 g/mol. The SMILES string of the molecule is CCCC(NS(=O)(=O)c1ccccc1N)C(=O)O. The van der Waals surface area contributed by atoms with Crippen molar-refractivity contribution in [2.24, 2.45) is 0 Å². The van der Waals surface area contributed by atoms with Gasteiger partial charge in [0.2, 0.25) is 10.0 Å². The van der Waals surface area contributed by atoms with Crippen LogP contribution >= 0.6 is 0 Å². The van der Waals surface area contributed by atoms with E-state index in [1.165, 1.54) is 18.2 Å².